The monoisotopic (exact) mass is 429 g/mol. The molecule has 2 aromatic rings. The van der Waals surface area contributed by atoms with Crippen LogP contribution in [-0.4, -0.2) is 53.5 Å². The number of H-pyrrole nitrogens is 1. The third kappa shape index (κ3) is 5.02. The van der Waals surface area contributed by atoms with Crippen LogP contribution in [0.3, 0.4) is 0 Å². The smallest absolute Gasteiger partial charge is 0.253 e. The zero-order chi connectivity index (χ0) is 21.1. The van der Waals surface area contributed by atoms with Gasteiger partial charge in [0, 0.05) is 37.4 Å². The Bertz CT molecular complexity index is 962. The third-order valence-corrected chi connectivity index (χ3v) is 6.54. The average Bonchev–Trinajstić information content (AvgIpc) is 3.42. The fourth-order valence-electron chi connectivity index (χ4n) is 4.22. The van der Waals surface area contributed by atoms with E-state index in [1.54, 1.807) is 0 Å². The number of fused-ring (bicyclic) bond motifs is 1. The van der Waals surface area contributed by atoms with Crippen molar-refractivity contribution in [2.75, 3.05) is 26.3 Å². The molecule has 6 nitrogen and oxygen atoms in total. The van der Waals surface area contributed by atoms with Crippen LogP contribution in [-0.2, 0) is 16.0 Å². The van der Waals surface area contributed by atoms with Gasteiger partial charge >= 0.3 is 0 Å². The first kappa shape index (κ1) is 21.3. The quantitative estimate of drug-likeness (QED) is 0.688. The van der Waals surface area contributed by atoms with E-state index in [2.05, 4.69) is 35.1 Å². The number of thiocarbonyl (C=S) groups is 1. The lowest BCUT2D eigenvalue weighted by molar-refractivity contribution is 0.0885. The molecule has 30 heavy (non-hydrogen) atoms. The molecule has 2 aliphatic heterocycles. The van der Waals surface area contributed by atoms with Gasteiger partial charge in [0.05, 0.1) is 18.8 Å². The summed E-state index contributed by atoms with van der Waals surface area (Å²) < 4.78 is 11.5. The molecule has 2 saturated heterocycles. The van der Waals surface area contributed by atoms with E-state index in [-0.39, 0.29) is 17.8 Å². The van der Waals surface area contributed by atoms with Gasteiger partial charge in [-0.25, -0.2) is 0 Å². The van der Waals surface area contributed by atoms with Gasteiger partial charge < -0.3 is 24.7 Å². The maximum Gasteiger partial charge on any atom is 0.253 e. The van der Waals surface area contributed by atoms with Gasteiger partial charge in [0.25, 0.3) is 5.56 Å². The van der Waals surface area contributed by atoms with Crippen LogP contribution in [0.5, 0.6) is 0 Å². The van der Waals surface area contributed by atoms with Crippen molar-refractivity contribution in [3.05, 3.63) is 45.2 Å². The van der Waals surface area contributed by atoms with Crippen LogP contribution in [0.15, 0.2) is 23.0 Å². The number of nitrogens with zero attached hydrogens (tertiary/aromatic N) is 1. The van der Waals surface area contributed by atoms with Crippen molar-refractivity contribution >= 4 is 28.2 Å². The molecule has 0 unspecified atom stereocenters. The number of aryl methyl sites for hydroxylation is 2. The highest BCUT2D eigenvalue weighted by atomic mass is 32.1. The molecule has 0 bridgehead atoms. The number of benzene rings is 1. The zero-order valence-electron chi connectivity index (χ0n) is 17.8. The summed E-state index contributed by atoms with van der Waals surface area (Å²) in [5.41, 5.74) is 3.91. The summed E-state index contributed by atoms with van der Waals surface area (Å²) in [5.74, 6) is 0. The second-order valence-corrected chi connectivity index (χ2v) is 8.87. The van der Waals surface area contributed by atoms with Gasteiger partial charge in [-0.05, 0) is 86.5 Å². The molecular weight excluding hydrogens is 398 g/mol. The minimum absolute atomic E-state index is 0.0648. The Hall–Kier alpha value is -1.96. The summed E-state index contributed by atoms with van der Waals surface area (Å²) in [4.78, 5) is 17.9. The highest BCUT2D eigenvalue weighted by molar-refractivity contribution is 7.80. The van der Waals surface area contributed by atoms with E-state index in [0.29, 0.717) is 30.3 Å². The molecule has 0 aliphatic carbocycles. The largest absolute Gasteiger partial charge is 0.376 e. The molecule has 0 spiro atoms. The highest BCUT2D eigenvalue weighted by Crippen LogP contribution is 2.19. The molecule has 2 N–H and O–H groups in total. The molecule has 2 atom stereocenters. The third-order valence-electron chi connectivity index (χ3n) is 6.14. The summed E-state index contributed by atoms with van der Waals surface area (Å²) >= 11 is 5.71. The van der Waals surface area contributed by atoms with Gasteiger partial charge in [-0.1, -0.05) is 0 Å². The van der Waals surface area contributed by atoms with E-state index < -0.39 is 0 Å². The van der Waals surface area contributed by atoms with E-state index >= 15 is 0 Å². The van der Waals surface area contributed by atoms with E-state index in [4.69, 9.17) is 21.7 Å². The number of hydrogen-bond donors (Lipinski definition) is 2. The van der Waals surface area contributed by atoms with Crippen LogP contribution in [0, 0.1) is 13.8 Å². The topological polar surface area (TPSA) is 66.6 Å². The Morgan fingerprint density at radius 3 is 2.53 bits per heavy atom. The summed E-state index contributed by atoms with van der Waals surface area (Å²) in [5, 5.41) is 5.05. The number of hydrogen-bond acceptors (Lipinski definition) is 4. The maximum absolute atomic E-state index is 12.8. The van der Waals surface area contributed by atoms with Gasteiger partial charge in [-0.15, -0.1) is 0 Å². The molecule has 3 heterocycles. The molecule has 1 aromatic carbocycles. The minimum Gasteiger partial charge on any atom is -0.376 e. The molecule has 0 radical (unpaired) electrons. The second kappa shape index (κ2) is 9.45. The molecule has 7 heteroatoms. The van der Waals surface area contributed by atoms with Crippen molar-refractivity contribution in [2.45, 2.75) is 58.3 Å². The van der Waals surface area contributed by atoms with Crippen LogP contribution >= 0.6 is 12.2 Å². The summed E-state index contributed by atoms with van der Waals surface area (Å²) in [6.45, 7) is 7.61. The Balaban J connectivity index is 1.53. The van der Waals surface area contributed by atoms with Crippen LogP contribution in [0.2, 0.25) is 0 Å². The van der Waals surface area contributed by atoms with E-state index in [0.717, 1.165) is 49.8 Å². The van der Waals surface area contributed by atoms with Crippen LogP contribution in [0.1, 0.15) is 42.4 Å². The normalized spacial score (nSPS) is 21.3. The molecule has 2 aliphatic rings. The molecule has 0 amide bonds. The van der Waals surface area contributed by atoms with Crippen LogP contribution in [0.25, 0.3) is 10.9 Å². The van der Waals surface area contributed by atoms with Gasteiger partial charge in [-0.2, -0.15) is 0 Å². The Morgan fingerprint density at radius 2 is 1.83 bits per heavy atom. The predicted octanol–water partition coefficient (Wildman–Crippen LogP) is 3.18. The lowest BCUT2D eigenvalue weighted by atomic mass is 10.0. The fraction of sp³-hybridized carbons (Fsp3) is 0.565. The van der Waals surface area contributed by atoms with Gasteiger partial charge in [0.2, 0.25) is 0 Å². The molecule has 4 rings (SSSR count). The zero-order valence-corrected chi connectivity index (χ0v) is 18.6. The maximum atomic E-state index is 12.8. The second-order valence-electron chi connectivity index (χ2n) is 8.48. The lowest BCUT2D eigenvalue weighted by Crippen LogP contribution is -2.45. The van der Waals surface area contributed by atoms with Crippen molar-refractivity contribution < 1.29 is 9.47 Å². The molecule has 162 valence electrons. The van der Waals surface area contributed by atoms with Crippen LogP contribution in [0.4, 0.5) is 0 Å². The number of pyridine rings is 1. The van der Waals surface area contributed by atoms with Crippen LogP contribution < -0.4 is 10.9 Å². The minimum atomic E-state index is -0.0648. The van der Waals surface area contributed by atoms with E-state index in [9.17, 15) is 4.79 Å². The molecule has 1 aromatic heterocycles. The Labute approximate surface area is 182 Å². The Kier molecular flexibility index (Phi) is 6.71. The van der Waals surface area contributed by atoms with Crippen molar-refractivity contribution in [2.24, 2.45) is 0 Å². The number of aromatic nitrogens is 1. The first-order valence-electron chi connectivity index (χ1n) is 10.9. The SMILES string of the molecule is Cc1cc2cc(CN(C[C@@H]3CCCO3)C(=S)NC[C@H]3CCCO3)c(=O)[nH]c2cc1C. The highest BCUT2D eigenvalue weighted by Gasteiger charge is 2.23. The van der Waals surface area contributed by atoms with Gasteiger partial charge in [-0.3, -0.25) is 4.79 Å². The summed E-state index contributed by atoms with van der Waals surface area (Å²) in [7, 11) is 0. The molecule has 0 saturated carbocycles. The first-order valence-corrected chi connectivity index (χ1v) is 11.3. The van der Waals surface area contributed by atoms with Crippen molar-refractivity contribution in [3.63, 3.8) is 0 Å². The van der Waals surface area contributed by atoms with Gasteiger partial charge in [0.1, 0.15) is 0 Å². The number of rotatable bonds is 6. The van der Waals surface area contributed by atoms with E-state index in [1.165, 1.54) is 11.1 Å². The molecular formula is C23H31N3O3S. The van der Waals surface area contributed by atoms with E-state index in [1.807, 2.05) is 12.1 Å². The lowest BCUT2D eigenvalue weighted by Gasteiger charge is -2.28. The average molecular weight is 430 g/mol. The van der Waals surface area contributed by atoms with Gasteiger partial charge in [0.15, 0.2) is 5.11 Å². The first-order chi connectivity index (χ1) is 14.5. The Morgan fingerprint density at radius 1 is 1.13 bits per heavy atom. The number of ether oxygens (including phenoxy) is 2. The number of aromatic amines is 1. The molecule has 2 fully saturated rings. The van der Waals surface area contributed by atoms with Crippen molar-refractivity contribution in [1.29, 1.82) is 0 Å². The van der Waals surface area contributed by atoms with Crippen molar-refractivity contribution in [1.82, 2.24) is 15.2 Å². The standard InChI is InChI=1S/C23H31N3O3S/c1-15-9-17-11-18(22(27)25-21(17)10-16(15)2)13-26(14-20-6-4-8-29-20)23(30)24-12-19-5-3-7-28-19/h9-11,19-20H,3-8,12-14H2,1-2H3,(H,24,30)(H,25,27)/t19-,20+/m1/s1. The number of nitrogens with one attached hydrogen (secondary N) is 2. The predicted molar refractivity (Wildman–Crippen MR) is 123 cm³/mol. The fourth-order valence-corrected chi connectivity index (χ4v) is 4.44. The van der Waals surface area contributed by atoms with Crippen molar-refractivity contribution in [3.8, 4) is 0 Å². The summed E-state index contributed by atoms with van der Waals surface area (Å²) in [6.07, 6.45) is 4.62. The summed E-state index contributed by atoms with van der Waals surface area (Å²) in [6, 6.07) is 6.15.